The van der Waals surface area contributed by atoms with Gasteiger partial charge in [-0.05, 0) is 50.0 Å². The summed E-state index contributed by atoms with van der Waals surface area (Å²) in [6.07, 6.45) is 6.99. The molecule has 0 spiro atoms. The first-order chi connectivity index (χ1) is 11.1. The second-order valence-electron chi connectivity index (χ2n) is 7.42. The molecule has 3 heteroatoms. The van der Waals surface area contributed by atoms with Crippen LogP contribution in [-0.2, 0) is 16.0 Å². The van der Waals surface area contributed by atoms with E-state index in [-0.39, 0.29) is 5.97 Å². The van der Waals surface area contributed by atoms with Gasteiger partial charge in [0.25, 0.3) is 0 Å². The van der Waals surface area contributed by atoms with Gasteiger partial charge in [-0.2, -0.15) is 0 Å². The summed E-state index contributed by atoms with van der Waals surface area (Å²) in [7, 11) is 2.18. The van der Waals surface area contributed by atoms with Crippen molar-refractivity contribution in [3.8, 4) is 0 Å². The molecule has 0 saturated carbocycles. The van der Waals surface area contributed by atoms with Crippen molar-refractivity contribution in [2.75, 3.05) is 33.3 Å². The zero-order valence-corrected chi connectivity index (χ0v) is 14.8. The fraction of sp³-hybridized carbons (Fsp3) is 0.650. The molecule has 1 atom stereocenters. The van der Waals surface area contributed by atoms with E-state index in [4.69, 9.17) is 4.74 Å². The Morgan fingerprint density at radius 1 is 1.13 bits per heavy atom. The third-order valence-electron chi connectivity index (χ3n) is 5.05. The maximum atomic E-state index is 12.0. The molecule has 0 N–H and O–H groups in total. The van der Waals surface area contributed by atoms with Crippen molar-refractivity contribution >= 4 is 5.97 Å². The predicted molar refractivity (Wildman–Crippen MR) is 94.1 cm³/mol. The smallest absolute Gasteiger partial charge is 0.361 e. The van der Waals surface area contributed by atoms with Crippen molar-refractivity contribution in [3.63, 3.8) is 0 Å². The highest BCUT2D eigenvalue weighted by Gasteiger charge is 2.28. The van der Waals surface area contributed by atoms with Gasteiger partial charge in [0, 0.05) is 0 Å². The molecule has 1 aromatic rings. The SMILES string of the molecule is C[C@H](CCOC(=O)C[N+]1(C)CCCCC1)CCc1ccccc1. The second kappa shape index (κ2) is 9.07. The molecule has 0 aromatic heterocycles. The highest BCUT2D eigenvalue weighted by atomic mass is 16.5. The Labute approximate surface area is 141 Å². The van der Waals surface area contributed by atoms with Crippen LogP contribution < -0.4 is 0 Å². The van der Waals surface area contributed by atoms with E-state index >= 15 is 0 Å². The van der Waals surface area contributed by atoms with Gasteiger partial charge >= 0.3 is 5.97 Å². The average molecular weight is 318 g/mol. The van der Waals surface area contributed by atoms with Crippen LogP contribution >= 0.6 is 0 Å². The average Bonchev–Trinajstić information content (AvgIpc) is 2.54. The van der Waals surface area contributed by atoms with Gasteiger partial charge in [0.05, 0.1) is 26.7 Å². The van der Waals surface area contributed by atoms with Crippen LogP contribution in [-0.4, -0.2) is 43.7 Å². The van der Waals surface area contributed by atoms with Gasteiger partial charge in [-0.1, -0.05) is 37.3 Å². The summed E-state index contributed by atoms with van der Waals surface area (Å²) < 4.78 is 6.34. The molecule has 1 aliphatic rings. The molecule has 128 valence electrons. The zero-order valence-electron chi connectivity index (χ0n) is 14.8. The molecule has 3 nitrogen and oxygen atoms in total. The van der Waals surface area contributed by atoms with E-state index in [0.29, 0.717) is 19.1 Å². The van der Waals surface area contributed by atoms with Gasteiger partial charge in [-0.25, -0.2) is 4.79 Å². The molecule has 0 radical (unpaired) electrons. The van der Waals surface area contributed by atoms with E-state index < -0.39 is 0 Å². The first kappa shape index (κ1) is 18.0. The lowest BCUT2D eigenvalue weighted by Crippen LogP contribution is -2.51. The van der Waals surface area contributed by atoms with E-state index in [1.807, 2.05) is 0 Å². The normalized spacial score (nSPS) is 18.3. The molecule has 1 saturated heterocycles. The molecular formula is C20H32NO2+. The summed E-state index contributed by atoms with van der Waals surface area (Å²) in [4.78, 5) is 12.0. The number of carbonyl (C=O) groups is 1. The minimum absolute atomic E-state index is 0.0235. The third kappa shape index (κ3) is 6.74. The van der Waals surface area contributed by atoms with E-state index in [0.717, 1.165) is 36.8 Å². The van der Waals surface area contributed by atoms with Crippen LogP contribution in [0.25, 0.3) is 0 Å². The molecule has 1 aliphatic heterocycles. The first-order valence-corrected chi connectivity index (χ1v) is 9.10. The Morgan fingerprint density at radius 2 is 1.83 bits per heavy atom. The number of hydrogen-bond donors (Lipinski definition) is 0. The number of ether oxygens (including phenoxy) is 1. The monoisotopic (exact) mass is 318 g/mol. The Balaban J connectivity index is 1.59. The maximum absolute atomic E-state index is 12.0. The van der Waals surface area contributed by atoms with E-state index in [2.05, 4.69) is 44.3 Å². The van der Waals surface area contributed by atoms with Gasteiger partial charge in [-0.3, -0.25) is 0 Å². The van der Waals surface area contributed by atoms with Crippen LogP contribution in [0, 0.1) is 5.92 Å². The summed E-state index contributed by atoms with van der Waals surface area (Å²) in [6.45, 7) is 5.58. The van der Waals surface area contributed by atoms with Gasteiger partial charge in [0.1, 0.15) is 0 Å². The van der Waals surface area contributed by atoms with Crippen LogP contribution in [0.4, 0.5) is 0 Å². The van der Waals surface area contributed by atoms with Crippen LogP contribution in [0.3, 0.4) is 0 Å². The molecule has 1 aromatic carbocycles. The highest BCUT2D eigenvalue weighted by Crippen LogP contribution is 2.16. The number of hydrogen-bond acceptors (Lipinski definition) is 2. The lowest BCUT2D eigenvalue weighted by Gasteiger charge is -2.36. The lowest BCUT2D eigenvalue weighted by atomic mass is 9.99. The van der Waals surface area contributed by atoms with Crippen molar-refractivity contribution < 1.29 is 14.0 Å². The molecule has 2 rings (SSSR count). The van der Waals surface area contributed by atoms with Crippen LogP contribution in [0.1, 0.15) is 44.6 Å². The second-order valence-corrected chi connectivity index (χ2v) is 7.42. The summed E-state index contributed by atoms with van der Waals surface area (Å²) in [5.41, 5.74) is 1.39. The van der Waals surface area contributed by atoms with Gasteiger partial charge in [0.15, 0.2) is 6.54 Å². The van der Waals surface area contributed by atoms with Crippen LogP contribution in [0.2, 0.25) is 0 Å². The molecule has 1 heterocycles. The zero-order chi connectivity index (χ0) is 16.5. The van der Waals surface area contributed by atoms with Gasteiger partial charge in [-0.15, -0.1) is 0 Å². The predicted octanol–water partition coefficient (Wildman–Crippen LogP) is 3.82. The number of esters is 1. The van der Waals surface area contributed by atoms with Crippen LogP contribution in [0.5, 0.6) is 0 Å². The topological polar surface area (TPSA) is 26.3 Å². The third-order valence-corrected chi connectivity index (χ3v) is 5.05. The molecule has 0 aliphatic carbocycles. The van der Waals surface area contributed by atoms with Crippen LogP contribution in [0.15, 0.2) is 30.3 Å². The van der Waals surface area contributed by atoms with E-state index in [1.54, 1.807) is 0 Å². The van der Waals surface area contributed by atoms with E-state index in [9.17, 15) is 4.79 Å². The molecule has 23 heavy (non-hydrogen) atoms. The Hall–Kier alpha value is -1.35. The lowest BCUT2D eigenvalue weighted by molar-refractivity contribution is -0.907. The summed E-state index contributed by atoms with van der Waals surface area (Å²) in [6, 6.07) is 10.6. The minimum atomic E-state index is -0.0235. The van der Waals surface area contributed by atoms with Crippen molar-refractivity contribution in [2.24, 2.45) is 5.92 Å². The molecule has 0 unspecified atom stereocenters. The Morgan fingerprint density at radius 3 is 2.52 bits per heavy atom. The fourth-order valence-corrected chi connectivity index (χ4v) is 3.37. The maximum Gasteiger partial charge on any atom is 0.361 e. The van der Waals surface area contributed by atoms with Crippen molar-refractivity contribution in [3.05, 3.63) is 35.9 Å². The van der Waals surface area contributed by atoms with Gasteiger partial charge < -0.3 is 9.22 Å². The van der Waals surface area contributed by atoms with Crippen molar-refractivity contribution in [1.29, 1.82) is 0 Å². The summed E-state index contributed by atoms with van der Waals surface area (Å²) in [5, 5.41) is 0. The number of carbonyl (C=O) groups excluding carboxylic acids is 1. The van der Waals surface area contributed by atoms with Gasteiger partial charge in [0.2, 0.25) is 0 Å². The fourth-order valence-electron chi connectivity index (χ4n) is 3.37. The molecule has 0 amide bonds. The number of rotatable bonds is 8. The Bertz CT molecular complexity index is 466. The summed E-state index contributed by atoms with van der Waals surface area (Å²) in [5.74, 6) is 0.562. The molecule has 1 fully saturated rings. The largest absolute Gasteiger partial charge is 0.462 e. The van der Waals surface area contributed by atoms with Crippen molar-refractivity contribution in [1.82, 2.24) is 0 Å². The molecular weight excluding hydrogens is 286 g/mol. The standard InChI is InChI=1S/C20H32NO2/c1-18(11-12-19-9-5-3-6-10-19)13-16-23-20(22)17-21(2)14-7-4-8-15-21/h3,5-6,9-10,18H,4,7-8,11-17H2,1-2H3/q+1/t18-/m0/s1. The first-order valence-electron chi connectivity index (χ1n) is 9.10. The number of likely N-dealkylation sites (N-methyl/N-ethyl adjacent to an activating group) is 1. The quantitative estimate of drug-likeness (QED) is 0.538. The number of nitrogens with zero attached hydrogens (tertiary/aromatic N) is 1. The number of piperidine rings is 1. The highest BCUT2D eigenvalue weighted by molar-refractivity contribution is 5.70. The van der Waals surface area contributed by atoms with E-state index in [1.165, 1.54) is 24.8 Å². The minimum Gasteiger partial charge on any atom is -0.462 e. The molecule has 0 bridgehead atoms. The number of quaternary nitrogens is 1. The van der Waals surface area contributed by atoms with Crippen molar-refractivity contribution in [2.45, 2.75) is 45.4 Å². The number of aryl methyl sites for hydroxylation is 1. The number of benzene rings is 1. The summed E-state index contributed by atoms with van der Waals surface area (Å²) >= 11 is 0. The number of likely N-dealkylation sites (tertiary alicyclic amines) is 1. The Kier molecular flexibility index (Phi) is 7.10.